The Kier molecular flexibility index (Phi) is 11.1. The summed E-state index contributed by atoms with van der Waals surface area (Å²) in [6.45, 7) is 2.72. The molecule has 0 saturated heterocycles. The molecule has 0 aliphatic heterocycles. The van der Waals surface area contributed by atoms with E-state index >= 15 is 0 Å². The fourth-order valence-electron chi connectivity index (χ4n) is 1.71. The first kappa shape index (κ1) is 20.0. The molecule has 1 amide bonds. The zero-order valence-corrected chi connectivity index (χ0v) is 13.9. The molecule has 1 aromatic rings. The fraction of sp³-hybridized carbons (Fsp3) is 0.500. The third-order valence-electron chi connectivity index (χ3n) is 2.70. The number of benzene rings is 1. The summed E-state index contributed by atoms with van der Waals surface area (Å²) in [5.41, 5.74) is 0.782. The Labute approximate surface area is 136 Å². The molecular weight excluding hydrogens is 315 g/mol. The van der Waals surface area contributed by atoms with Crippen LogP contribution in [-0.2, 0) is 16.0 Å². The van der Waals surface area contributed by atoms with Gasteiger partial charge in [0.2, 0.25) is 5.91 Å². The van der Waals surface area contributed by atoms with Crippen LogP contribution in [0.2, 0.25) is 5.02 Å². The van der Waals surface area contributed by atoms with Gasteiger partial charge < -0.3 is 20.1 Å². The van der Waals surface area contributed by atoms with E-state index in [0.29, 0.717) is 30.5 Å². The van der Waals surface area contributed by atoms with Crippen molar-refractivity contribution in [3.05, 3.63) is 28.8 Å². The number of nitrogens with one attached hydrogen (secondary N) is 2. The van der Waals surface area contributed by atoms with Crippen LogP contribution in [0.5, 0.6) is 5.75 Å². The van der Waals surface area contributed by atoms with Crippen LogP contribution >= 0.6 is 24.0 Å². The van der Waals surface area contributed by atoms with Crippen LogP contribution in [0.4, 0.5) is 0 Å². The largest absolute Gasteiger partial charge is 0.496 e. The lowest BCUT2D eigenvalue weighted by molar-refractivity contribution is -0.120. The Morgan fingerprint density at radius 2 is 2.00 bits per heavy atom. The standard InChI is InChI=1S/C14H21ClN2O3.ClH/c1-19-8-7-16-5-6-17-14(18)10-11-9-12(15)3-4-13(11)20-2;/h3-4,9,16H,5-8,10H2,1-2H3,(H,17,18);1H. The van der Waals surface area contributed by atoms with Crippen LogP contribution in [0.25, 0.3) is 0 Å². The van der Waals surface area contributed by atoms with Crippen LogP contribution in [0.3, 0.4) is 0 Å². The van der Waals surface area contributed by atoms with Crippen LogP contribution in [-0.4, -0.2) is 46.4 Å². The molecule has 21 heavy (non-hydrogen) atoms. The lowest BCUT2D eigenvalue weighted by atomic mass is 10.1. The molecule has 5 nitrogen and oxygen atoms in total. The highest BCUT2D eigenvalue weighted by atomic mass is 35.5. The molecule has 7 heteroatoms. The van der Waals surface area contributed by atoms with E-state index in [1.165, 1.54) is 0 Å². The molecule has 0 aliphatic carbocycles. The molecular formula is C14H22Cl2N2O3. The average molecular weight is 337 g/mol. The first-order valence-corrected chi connectivity index (χ1v) is 6.84. The Hall–Kier alpha value is -1.01. The highest BCUT2D eigenvalue weighted by molar-refractivity contribution is 6.30. The minimum Gasteiger partial charge on any atom is -0.496 e. The van der Waals surface area contributed by atoms with Gasteiger partial charge in [0.25, 0.3) is 0 Å². The summed E-state index contributed by atoms with van der Waals surface area (Å²) in [5.74, 6) is 0.613. The van der Waals surface area contributed by atoms with E-state index in [9.17, 15) is 4.79 Å². The van der Waals surface area contributed by atoms with Gasteiger partial charge in [-0.15, -0.1) is 12.4 Å². The summed E-state index contributed by atoms with van der Waals surface area (Å²) in [7, 11) is 3.23. The average Bonchev–Trinajstić information content (AvgIpc) is 2.43. The van der Waals surface area contributed by atoms with Crippen LogP contribution in [0.1, 0.15) is 5.56 Å². The molecule has 1 rings (SSSR count). The number of halogens is 2. The van der Waals surface area contributed by atoms with Gasteiger partial charge in [0.15, 0.2) is 0 Å². The highest BCUT2D eigenvalue weighted by Crippen LogP contribution is 2.22. The van der Waals surface area contributed by atoms with Gasteiger partial charge in [0.1, 0.15) is 5.75 Å². The summed E-state index contributed by atoms with van der Waals surface area (Å²) < 4.78 is 10.1. The number of methoxy groups -OCH3 is 2. The van der Waals surface area contributed by atoms with E-state index in [0.717, 1.165) is 12.1 Å². The molecule has 120 valence electrons. The maximum absolute atomic E-state index is 11.8. The Bertz CT molecular complexity index is 431. The Morgan fingerprint density at radius 3 is 2.67 bits per heavy atom. The van der Waals surface area contributed by atoms with E-state index < -0.39 is 0 Å². The number of carbonyl (C=O) groups is 1. The summed E-state index contributed by atoms with van der Waals surface area (Å²) >= 11 is 5.92. The van der Waals surface area contributed by atoms with E-state index in [-0.39, 0.29) is 24.7 Å². The minimum absolute atomic E-state index is 0. The first-order valence-electron chi connectivity index (χ1n) is 6.46. The third-order valence-corrected chi connectivity index (χ3v) is 2.94. The Morgan fingerprint density at radius 1 is 1.24 bits per heavy atom. The number of rotatable bonds is 9. The van der Waals surface area contributed by atoms with Crippen molar-refractivity contribution < 1.29 is 14.3 Å². The zero-order chi connectivity index (χ0) is 14.8. The third kappa shape index (κ3) is 8.12. The number of hydrogen-bond acceptors (Lipinski definition) is 4. The van der Waals surface area contributed by atoms with E-state index in [4.69, 9.17) is 21.1 Å². The molecule has 0 fully saturated rings. The molecule has 1 aromatic carbocycles. The quantitative estimate of drug-likeness (QED) is 0.673. The van der Waals surface area contributed by atoms with Crippen LogP contribution < -0.4 is 15.4 Å². The SMILES string of the molecule is COCCNCCNC(=O)Cc1cc(Cl)ccc1OC.Cl. The number of ether oxygens (including phenoxy) is 2. The van der Waals surface area contributed by atoms with Gasteiger partial charge in [0.05, 0.1) is 20.1 Å². The van der Waals surface area contributed by atoms with Gasteiger partial charge in [-0.1, -0.05) is 11.6 Å². The number of carbonyl (C=O) groups excluding carboxylic acids is 1. The second kappa shape index (κ2) is 11.6. The number of amides is 1. The van der Waals surface area contributed by atoms with Crippen molar-refractivity contribution in [2.75, 3.05) is 40.5 Å². The first-order chi connectivity index (χ1) is 9.67. The maximum Gasteiger partial charge on any atom is 0.224 e. The van der Waals surface area contributed by atoms with Crippen molar-refractivity contribution in [3.63, 3.8) is 0 Å². The molecule has 0 aromatic heterocycles. The van der Waals surface area contributed by atoms with Crippen molar-refractivity contribution in [2.45, 2.75) is 6.42 Å². The zero-order valence-electron chi connectivity index (χ0n) is 12.3. The van der Waals surface area contributed by atoms with Gasteiger partial charge >= 0.3 is 0 Å². The van der Waals surface area contributed by atoms with Gasteiger partial charge in [-0.05, 0) is 18.2 Å². The van der Waals surface area contributed by atoms with Gasteiger partial charge in [0, 0.05) is 37.3 Å². The van der Waals surface area contributed by atoms with Crippen molar-refractivity contribution in [2.24, 2.45) is 0 Å². The normalized spacial score (nSPS) is 9.86. The van der Waals surface area contributed by atoms with Crippen molar-refractivity contribution in [1.29, 1.82) is 0 Å². The lowest BCUT2D eigenvalue weighted by Crippen LogP contribution is -2.33. The predicted molar refractivity (Wildman–Crippen MR) is 86.7 cm³/mol. The molecule has 2 N–H and O–H groups in total. The molecule has 0 saturated carbocycles. The van der Waals surface area contributed by atoms with Crippen molar-refractivity contribution >= 4 is 29.9 Å². The molecule has 0 spiro atoms. The van der Waals surface area contributed by atoms with Gasteiger partial charge in [-0.25, -0.2) is 0 Å². The van der Waals surface area contributed by atoms with Crippen LogP contribution in [0, 0.1) is 0 Å². The summed E-state index contributed by atoms with van der Waals surface area (Å²) in [6, 6.07) is 5.25. The van der Waals surface area contributed by atoms with E-state index in [2.05, 4.69) is 10.6 Å². The minimum atomic E-state index is -0.0564. The smallest absolute Gasteiger partial charge is 0.224 e. The highest BCUT2D eigenvalue weighted by Gasteiger charge is 2.09. The summed E-state index contributed by atoms with van der Waals surface area (Å²) in [5, 5.41) is 6.58. The second-order valence-electron chi connectivity index (χ2n) is 4.23. The molecule has 0 bridgehead atoms. The second-order valence-corrected chi connectivity index (χ2v) is 4.66. The predicted octanol–water partition coefficient (Wildman–Crippen LogP) is 1.67. The van der Waals surface area contributed by atoms with Gasteiger partial charge in [-0.3, -0.25) is 4.79 Å². The molecule has 0 heterocycles. The van der Waals surface area contributed by atoms with Gasteiger partial charge in [-0.2, -0.15) is 0 Å². The van der Waals surface area contributed by atoms with Crippen molar-refractivity contribution in [1.82, 2.24) is 10.6 Å². The lowest BCUT2D eigenvalue weighted by Gasteiger charge is -2.10. The molecule has 0 atom stereocenters. The topological polar surface area (TPSA) is 59.6 Å². The molecule has 0 unspecified atom stereocenters. The monoisotopic (exact) mass is 336 g/mol. The van der Waals surface area contributed by atoms with Crippen molar-refractivity contribution in [3.8, 4) is 5.75 Å². The fourth-order valence-corrected chi connectivity index (χ4v) is 1.91. The maximum atomic E-state index is 11.8. The molecule has 0 aliphatic rings. The summed E-state index contributed by atoms with van der Waals surface area (Å²) in [4.78, 5) is 11.8. The molecule has 0 radical (unpaired) electrons. The summed E-state index contributed by atoms with van der Waals surface area (Å²) in [6.07, 6.45) is 0.252. The van der Waals surface area contributed by atoms with Crippen LogP contribution in [0.15, 0.2) is 18.2 Å². The van der Waals surface area contributed by atoms with E-state index in [1.807, 2.05) is 0 Å². The van der Waals surface area contributed by atoms with E-state index in [1.54, 1.807) is 32.4 Å². The number of hydrogen-bond donors (Lipinski definition) is 2. The Balaban J connectivity index is 0.00000400.